The molecule has 0 bridgehead atoms. The smallest absolute Gasteiger partial charge is 0.0642 e. The summed E-state index contributed by atoms with van der Waals surface area (Å²) in [6.45, 7) is 8.00. The van der Waals surface area contributed by atoms with Crippen LogP contribution in [0.25, 0.3) is 0 Å². The fourth-order valence-corrected chi connectivity index (χ4v) is 2.65. The van der Waals surface area contributed by atoms with Gasteiger partial charge in [0.1, 0.15) is 0 Å². The van der Waals surface area contributed by atoms with E-state index in [1.54, 1.807) is 0 Å². The molecule has 0 spiro atoms. The average Bonchev–Trinajstić information content (AvgIpc) is 2.49. The Kier molecular flexibility index (Phi) is 3.84. The van der Waals surface area contributed by atoms with Crippen LogP contribution in [0.3, 0.4) is 0 Å². The standard InChI is InChI=1S/C14H22N4O/c1-16-2-4-17(5-3-16)13-10-14(12-15-11-13)18-6-8-19-9-7-18/h10-12H,2-9H2,1H3. The number of nitrogens with zero attached hydrogens (tertiary/aromatic N) is 4. The van der Waals surface area contributed by atoms with E-state index in [0.29, 0.717) is 0 Å². The maximum Gasteiger partial charge on any atom is 0.0642 e. The zero-order chi connectivity index (χ0) is 13.1. The summed E-state index contributed by atoms with van der Waals surface area (Å²) in [6, 6.07) is 2.27. The molecule has 2 aliphatic heterocycles. The molecule has 0 radical (unpaired) electrons. The maximum absolute atomic E-state index is 5.40. The molecule has 3 rings (SSSR count). The lowest BCUT2D eigenvalue weighted by molar-refractivity contribution is 0.122. The Labute approximate surface area is 114 Å². The Morgan fingerprint density at radius 1 is 0.895 bits per heavy atom. The molecule has 0 N–H and O–H groups in total. The van der Waals surface area contributed by atoms with Crippen molar-refractivity contribution in [2.75, 3.05) is 69.3 Å². The lowest BCUT2D eigenvalue weighted by Crippen LogP contribution is -2.44. The van der Waals surface area contributed by atoms with Crippen molar-refractivity contribution in [2.24, 2.45) is 0 Å². The first kappa shape index (κ1) is 12.7. The van der Waals surface area contributed by atoms with E-state index in [-0.39, 0.29) is 0 Å². The summed E-state index contributed by atoms with van der Waals surface area (Å²) in [4.78, 5) is 11.6. The Morgan fingerprint density at radius 2 is 1.47 bits per heavy atom. The van der Waals surface area contributed by atoms with Gasteiger partial charge in [0.25, 0.3) is 0 Å². The van der Waals surface area contributed by atoms with Crippen molar-refractivity contribution in [3.05, 3.63) is 18.5 Å². The number of anilines is 2. The summed E-state index contributed by atoms with van der Waals surface area (Å²) in [7, 11) is 2.18. The van der Waals surface area contributed by atoms with E-state index in [0.717, 1.165) is 52.5 Å². The average molecular weight is 262 g/mol. The van der Waals surface area contributed by atoms with Gasteiger partial charge >= 0.3 is 0 Å². The molecule has 0 saturated carbocycles. The minimum absolute atomic E-state index is 0.818. The Hall–Kier alpha value is -1.33. The molecule has 0 aliphatic carbocycles. The summed E-state index contributed by atoms with van der Waals surface area (Å²) in [5.74, 6) is 0. The number of pyridine rings is 1. The van der Waals surface area contributed by atoms with Crippen LogP contribution < -0.4 is 9.80 Å². The number of likely N-dealkylation sites (N-methyl/N-ethyl adjacent to an activating group) is 1. The second-order valence-corrected chi connectivity index (χ2v) is 5.29. The number of piperazine rings is 1. The fourth-order valence-electron chi connectivity index (χ4n) is 2.65. The summed E-state index contributed by atoms with van der Waals surface area (Å²) in [6.07, 6.45) is 3.94. The van der Waals surface area contributed by atoms with Crippen LogP contribution in [0.1, 0.15) is 0 Å². The number of aromatic nitrogens is 1. The van der Waals surface area contributed by atoms with Crippen molar-refractivity contribution in [3.63, 3.8) is 0 Å². The minimum atomic E-state index is 0.818. The van der Waals surface area contributed by atoms with E-state index in [9.17, 15) is 0 Å². The Morgan fingerprint density at radius 3 is 2.11 bits per heavy atom. The van der Waals surface area contributed by atoms with Crippen molar-refractivity contribution in [1.29, 1.82) is 0 Å². The van der Waals surface area contributed by atoms with Crippen LogP contribution in [-0.4, -0.2) is 69.4 Å². The Balaban J connectivity index is 1.72. The van der Waals surface area contributed by atoms with E-state index in [4.69, 9.17) is 4.74 Å². The normalized spacial score (nSPS) is 21.7. The van der Waals surface area contributed by atoms with Crippen LogP contribution in [0.4, 0.5) is 11.4 Å². The van der Waals surface area contributed by atoms with Crippen LogP contribution in [0.5, 0.6) is 0 Å². The molecular formula is C14H22N4O. The highest BCUT2D eigenvalue weighted by atomic mass is 16.5. The number of ether oxygens (including phenoxy) is 1. The fraction of sp³-hybridized carbons (Fsp3) is 0.643. The lowest BCUT2D eigenvalue weighted by atomic mass is 10.2. The van der Waals surface area contributed by atoms with Gasteiger partial charge in [0.15, 0.2) is 0 Å². The van der Waals surface area contributed by atoms with Gasteiger partial charge in [-0.2, -0.15) is 0 Å². The molecule has 2 saturated heterocycles. The van der Waals surface area contributed by atoms with E-state index < -0.39 is 0 Å². The molecule has 1 aromatic rings. The van der Waals surface area contributed by atoms with Gasteiger partial charge in [-0.3, -0.25) is 4.98 Å². The molecule has 0 aromatic carbocycles. The van der Waals surface area contributed by atoms with Gasteiger partial charge in [-0.1, -0.05) is 0 Å². The molecule has 2 fully saturated rings. The SMILES string of the molecule is CN1CCN(c2cncc(N3CCOCC3)c2)CC1. The number of rotatable bonds is 2. The van der Waals surface area contributed by atoms with Crippen molar-refractivity contribution in [1.82, 2.24) is 9.88 Å². The van der Waals surface area contributed by atoms with Crippen LogP contribution >= 0.6 is 0 Å². The first-order valence-electron chi connectivity index (χ1n) is 7.04. The second kappa shape index (κ2) is 5.75. The molecule has 0 atom stereocenters. The van der Waals surface area contributed by atoms with Crippen LogP contribution in [0.15, 0.2) is 18.5 Å². The molecule has 2 aliphatic rings. The quantitative estimate of drug-likeness (QED) is 0.782. The van der Waals surface area contributed by atoms with Crippen molar-refractivity contribution in [2.45, 2.75) is 0 Å². The highest BCUT2D eigenvalue weighted by Gasteiger charge is 2.17. The topological polar surface area (TPSA) is 31.8 Å². The molecule has 5 nitrogen and oxygen atoms in total. The van der Waals surface area contributed by atoms with Crippen molar-refractivity contribution in [3.8, 4) is 0 Å². The van der Waals surface area contributed by atoms with E-state index in [2.05, 4.69) is 32.8 Å². The zero-order valence-electron chi connectivity index (χ0n) is 11.6. The molecule has 1 aromatic heterocycles. The van der Waals surface area contributed by atoms with Crippen LogP contribution in [0.2, 0.25) is 0 Å². The summed E-state index contributed by atoms with van der Waals surface area (Å²) >= 11 is 0. The second-order valence-electron chi connectivity index (χ2n) is 5.29. The largest absolute Gasteiger partial charge is 0.378 e. The molecule has 0 amide bonds. The molecule has 5 heteroatoms. The van der Waals surface area contributed by atoms with E-state index >= 15 is 0 Å². The molecule has 104 valence electrons. The number of hydrogen-bond acceptors (Lipinski definition) is 5. The summed E-state index contributed by atoms with van der Waals surface area (Å²) in [5.41, 5.74) is 2.47. The van der Waals surface area contributed by atoms with Gasteiger partial charge in [-0.15, -0.1) is 0 Å². The summed E-state index contributed by atoms with van der Waals surface area (Å²) < 4.78 is 5.40. The predicted octanol–water partition coefficient (Wildman–Crippen LogP) is 0.670. The number of morpholine rings is 1. The van der Waals surface area contributed by atoms with Crippen molar-refractivity contribution >= 4 is 11.4 Å². The van der Waals surface area contributed by atoms with Crippen LogP contribution in [0, 0.1) is 0 Å². The van der Waals surface area contributed by atoms with Crippen LogP contribution in [-0.2, 0) is 4.74 Å². The van der Waals surface area contributed by atoms with Gasteiger partial charge in [-0.25, -0.2) is 0 Å². The molecule has 19 heavy (non-hydrogen) atoms. The monoisotopic (exact) mass is 262 g/mol. The van der Waals surface area contributed by atoms with E-state index in [1.165, 1.54) is 11.4 Å². The highest BCUT2D eigenvalue weighted by molar-refractivity contribution is 5.57. The number of hydrogen-bond donors (Lipinski definition) is 0. The Bertz CT molecular complexity index is 412. The van der Waals surface area contributed by atoms with Gasteiger partial charge in [-0.05, 0) is 13.1 Å². The molecule has 0 unspecified atom stereocenters. The minimum Gasteiger partial charge on any atom is -0.378 e. The highest BCUT2D eigenvalue weighted by Crippen LogP contribution is 2.22. The van der Waals surface area contributed by atoms with Gasteiger partial charge in [0, 0.05) is 39.3 Å². The third-order valence-electron chi connectivity index (χ3n) is 3.95. The summed E-state index contributed by atoms with van der Waals surface area (Å²) in [5, 5.41) is 0. The zero-order valence-corrected chi connectivity index (χ0v) is 11.6. The maximum atomic E-state index is 5.40. The molecule has 3 heterocycles. The first-order chi connectivity index (χ1) is 9.33. The predicted molar refractivity (Wildman–Crippen MR) is 77.0 cm³/mol. The van der Waals surface area contributed by atoms with Gasteiger partial charge in [0.05, 0.1) is 37.0 Å². The lowest BCUT2D eigenvalue weighted by Gasteiger charge is -2.35. The van der Waals surface area contributed by atoms with Crippen molar-refractivity contribution < 1.29 is 4.74 Å². The first-order valence-corrected chi connectivity index (χ1v) is 7.04. The van der Waals surface area contributed by atoms with Gasteiger partial charge in [0.2, 0.25) is 0 Å². The molecular weight excluding hydrogens is 240 g/mol. The third-order valence-corrected chi connectivity index (χ3v) is 3.95. The van der Waals surface area contributed by atoms with E-state index in [1.807, 2.05) is 12.4 Å². The third kappa shape index (κ3) is 2.98. The van der Waals surface area contributed by atoms with Gasteiger partial charge < -0.3 is 19.4 Å².